The second kappa shape index (κ2) is 7.33. The Morgan fingerprint density at radius 1 is 1.00 bits per heavy atom. The van der Waals surface area contributed by atoms with E-state index in [1.807, 2.05) is 30.3 Å². The number of carbonyl (C=O) groups is 1. The van der Waals surface area contributed by atoms with E-state index in [1.165, 1.54) is 16.4 Å². The van der Waals surface area contributed by atoms with Crippen LogP contribution in [0.15, 0.2) is 48.5 Å². The Hall–Kier alpha value is -1.50. The Morgan fingerprint density at radius 3 is 2.30 bits per heavy atom. The molecule has 0 fully saturated rings. The smallest absolute Gasteiger partial charge is 0.165 e. The molecule has 0 N–H and O–H groups in total. The summed E-state index contributed by atoms with van der Waals surface area (Å²) in [5.41, 5.74) is 3.25. The lowest BCUT2D eigenvalue weighted by molar-refractivity contribution is 0.0966. The quantitative estimate of drug-likeness (QED) is 0.458. The predicted octanol–water partition coefficient (Wildman–Crippen LogP) is 3.81. The summed E-state index contributed by atoms with van der Waals surface area (Å²) in [6, 6.07) is 15.6. The van der Waals surface area contributed by atoms with Crippen molar-refractivity contribution in [1.29, 1.82) is 0 Å². The van der Waals surface area contributed by atoms with Gasteiger partial charge in [-0.05, 0) is 25.0 Å². The zero-order valence-electron chi connectivity index (χ0n) is 11.8. The average Bonchev–Trinajstić information content (AvgIpc) is 2.46. The number of aryl methyl sites for hydroxylation is 2. The van der Waals surface area contributed by atoms with Crippen molar-refractivity contribution >= 4 is 19.9 Å². The number of carbonyl (C=O) groups excluding carboxylic acids is 1. The van der Waals surface area contributed by atoms with Crippen LogP contribution >= 0.6 is 8.81 Å². The molecule has 2 rings (SSSR count). The van der Waals surface area contributed by atoms with E-state index in [0.29, 0.717) is 21.8 Å². The van der Waals surface area contributed by atoms with Gasteiger partial charge in [0.15, 0.2) is 5.78 Å². The van der Waals surface area contributed by atoms with Crippen molar-refractivity contribution in [3.63, 3.8) is 0 Å². The van der Waals surface area contributed by atoms with E-state index in [-0.39, 0.29) is 5.78 Å². The van der Waals surface area contributed by atoms with Crippen molar-refractivity contribution in [3.8, 4) is 0 Å². The minimum atomic E-state index is 0.136. The molecule has 0 bridgehead atoms. The van der Waals surface area contributed by atoms with Gasteiger partial charge in [-0.25, -0.2) is 0 Å². The largest absolute Gasteiger partial charge is 0.357 e. The number of ketones is 1. The number of hydrogen-bond donors (Lipinski definition) is 0. The van der Waals surface area contributed by atoms with Crippen LogP contribution < -0.4 is 5.30 Å². The topological polar surface area (TPSA) is 26.3 Å². The number of rotatable bonds is 6. The summed E-state index contributed by atoms with van der Waals surface area (Å²) in [6.07, 6.45) is 0.432. The summed E-state index contributed by atoms with van der Waals surface area (Å²) in [6.45, 7) is 4.65. The number of hydrogen-bond acceptors (Lipinski definition) is 2. The fraction of sp³-hybridized carbons (Fsp3) is 0.235. The summed E-state index contributed by atoms with van der Waals surface area (Å²) in [5.74, 6) is 0.136. The molecule has 0 aromatic heterocycles. The highest BCUT2D eigenvalue weighted by Gasteiger charge is 2.06. The molecule has 0 saturated carbocycles. The maximum absolute atomic E-state index is 11.9. The highest BCUT2D eigenvalue weighted by atomic mass is 31.1. The maximum atomic E-state index is 11.9. The van der Waals surface area contributed by atoms with Crippen molar-refractivity contribution < 1.29 is 9.32 Å². The standard InChI is InChI=1S/C17H19O2P/c1-13-7-6-8-14(2)17(13)20-19-12-11-16(18)15-9-4-3-5-10-15/h3-10,20H,11-12H2,1-2H3. The molecule has 2 aromatic carbocycles. The van der Waals surface area contributed by atoms with Gasteiger partial charge >= 0.3 is 0 Å². The van der Waals surface area contributed by atoms with Crippen LogP contribution in [0.4, 0.5) is 0 Å². The Bertz CT molecular complexity index is 559. The first-order valence-electron chi connectivity index (χ1n) is 6.71. The molecule has 0 aliphatic rings. The van der Waals surface area contributed by atoms with Crippen molar-refractivity contribution in [1.82, 2.24) is 0 Å². The van der Waals surface area contributed by atoms with E-state index in [9.17, 15) is 4.79 Å². The van der Waals surface area contributed by atoms with Crippen LogP contribution in [0.25, 0.3) is 0 Å². The zero-order valence-corrected chi connectivity index (χ0v) is 12.8. The first-order valence-corrected chi connectivity index (χ1v) is 7.61. The fourth-order valence-corrected chi connectivity index (χ4v) is 2.85. The Morgan fingerprint density at radius 2 is 1.65 bits per heavy atom. The minimum absolute atomic E-state index is 0.136. The predicted molar refractivity (Wildman–Crippen MR) is 85.2 cm³/mol. The van der Waals surface area contributed by atoms with Crippen molar-refractivity contribution in [3.05, 3.63) is 65.2 Å². The molecule has 0 aliphatic carbocycles. The molecule has 0 spiro atoms. The number of benzene rings is 2. The first-order chi connectivity index (χ1) is 9.68. The normalized spacial score (nSPS) is 11.1. The highest BCUT2D eigenvalue weighted by molar-refractivity contribution is 7.42. The fourth-order valence-electron chi connectivity index (χ4n) is 2.01. The summed E-state index contributed by atoms with van der Waals surface area (Å²) < 4.78 is 5.68. The second-order valence-electron chi connectivity index (χ2n) is 4.76. The summed E-state index contributed by atoms with van der Waals surface area (Å²) in [7, 11) is 0.307. The van der Waals surface area contributed by atoms with Crippen LogP contribution in [-0.4, -0.2) is 12.4 Å². The summed E-state index contributed by atoms with van der Waals surface area (Å²) in [5, 5.41) is 1.25. The molecule has 0 heterocycles. The lowest BCUT2D eigenvalue weighted by Crippen LogP contribution is -2.07. The minimum Gasteiger partial charge on any atom is -0.357 e. The summed E-state index contributed by atoms with van der Waals surface area (Å²) >= 11 is 0. The zero-order chi connectivity index (χ0) is 14.4. The van der Waals surface area contributed by atoms with E-state index < -0.39 is 0 Å². The molecule has 104 valence electrons. The molecule has 3 heteroatoms. The van der Waals surface area contributed by atoms with E-state index in [2.05, 4.69) is 32.0 Å². The molecule has 1 unspecified atom stereocenters. The van der Waals surface area contributed by atoms with Crippen molar-refractivity contribution in [2.45, 2.75) is 20.3 Å². The molecule has 1 atom stereocenters. The molecule has 0 radical (unpaired) electrons. The SMILES string of the molecule is Cc1cccc(C)c1POCCC(=O)c1ccccc1. The van der Waals surface area contributed by atoms with Crippen LogP contribution in [0.2, 0.25) is 0 Å². The Balaban J connectivity index is 1.81. The average molecular weight is 286 g/mol. The van der Waals surface area contributed by atoms with Crippen molar-refractivity contribution in [2.75, 3.05) is 6.61 Å². The van der Waals surface area contributed by atoms with Gasteiger partial charge in [-0.1, -0.05) is 48.5 Å². The molecular formula is C17H19O2P. The third kappa shape index (κ3) is 4.00. The van der Waals surface area contributed by atoms with Gasteiger partial charge in [-0.3, -0.25) is 4.79 Å². The van der Waals surface area contributed by atoms with E-state index >= 15 is 0 Å². The molecule has 0 aliphatic heterocycles. The Kier molecular flexibility index (Phi) is 5.46. The summed E-state index contributed by atoms with van der Waals surface area (Å²) in [4.78, 5) is 11.9. The van der Waals surface area contributed by atoms with Crippen LogP contribution in [0.5, 0.6) is 0 Å². The Labute approximate surface area is 122 Å². The number of Topliss-reactive ketones (excluding diaryl/α,β-unsaturated/α-hetero) is 1. The van der Waals surface area contributed by atoms with Gasteiger partial charge in [0.1, 0.15) is 0 Å². The van der Waals surface area contributed by atoms with Gasteiger partial charge in [0, 0.05) is 26.1 Å². The van der Waals surface area contributed by atoms with Crippen LogP contribution in [0, 0.1) is 13.8 Å². The maximum Gasteiger partial charge on any atom is 0.165 e. The van der Waals surface area contributed by atoms with Crippen LogP contribution in [-0.2, 0) is 4.52 Å². The third-order valence-electron chi connectivity index (χ3n) is 3.18. The molecule has 2 nitrogen and oxygen atoms in total. The van der Waals surface area contributed by atoms with Crippen molar-refractivity contribution in [2.24, 2.45) is 0 Å². The molecule has 0 amide bonds. The second-order valence-corrected chi connectivity index (χ2v) is 5.75. The van der Waals surface area contributed by atoms with Crippen LogP contribution in [0.1, 0.15) is 27.9 Å². The highest BCUT2D eigenvalue weighted by Crippen LogP contribution is 2.18. The van der Waals surface area contributed by atoms with Crippen LogP contribution in [0.3, 0.4) is 0 Å². The van der Waals surface area contributed by atoms with E-state index in [0.717, 1.165) is 5.56 Å². The van der Waals surface area contributed by atoms with E-state index in [4.69, 9.17) is 4.52 Å². The molecule has 2 aromatic rings. The van der Waals surface area contributed by atoms with Gasteiger partial charge in [-0.2, -0.15) is 0 Å². The monoisotopic (exact) mass is 286 g/mol. The van der Waals surface area contributed by atoms with Gasteiger partial charge in [-0.15, -0.1) is 0 Å². The van der Waals surface area contributed by atoms with Gasteiger partial charge in [0.05, 0.1) is 6.61 Å². The third-order valence-corrected chi connectivity index (χ3v) is 4.52. The van der Waals surface area contributed by atoms with E-state index in [1.54, 1.807) is 0 Å². The first kappa shape index (κ1) is 14.9. The molecule has 20 heavy (non-hydrogen) atoms. The van der Waals surface area contributed by atoms with Gasteiger partial charge in [0.2, 0.25) is 0 Å². The lowest BCUT2D eigenvalue weighted by atomic mass is 10.1. The lowest BCUT2D eigenvalue weighted by Gasteiger charge is -2.09. The molecular weight excluding hydrogens is 267 g/mol. The molecule has 0 saturated heterocycles. The van der Waals surface area contributed by atoms with Gasteiger partial charge < -0.3 is 4.52 Å². The van der Waals surface area contributed by atoms with Gasteiger partial charge in [0.25, 0.3) is 0 Å².